The Morgan fingerprint density at radius 3 is 2.54 bits per heavy atom. The minimum absolute atomic E-state index is 0.119. The molecule has 1 aliphatic rings. The minimum Gasteiger partial charge on any atom is -0.334 e. The van der Waals surface area contributed by atoms with Gasteiger partial charge in [-0.3, -0.25) is 4.72 Å². The Bertz CT molecular complexity index is 1080. The lowest BCUT2D eigenvalue weighted by molar-refractivity contribution is 0.372. The van der Waals surface area contributed by atoms with E-state index in [9.17, 15) is 8.42 Å². The van der Waals surface area contributed by atoms with Gasteiger partial charge in [0.25, 0.3) is 15.9 Å². The molecule has 3 aromatic rings. The van der Waals surface area contributed by atoms with Crippen LogP contribution in [0.1, 0.15) is 37.1 Å². The quantitative estimate of drug-likeness (QED) is 0.680. The predicted molar refractivity (Wildman–Crippen MR) is 106 cm³/mol. The van der Waals surface area contributed by atoms with E-state index in [0.717, 1.165) is 31.2 Å². The van der Waals surface area contributed by atoms with Crippen LogP contribution in [-0.2, 0) is 15.6 Å². The van der Waals surface area contributed by atoms with Crippen molar-refractivity contribution in [2.45, 2.75) is 43.0 Å². The summed E-state index contributed by atoms with van der Waals surface area (Å²) in [7, 11) is -3.74. The van der Waals surface area contributed by atoms with E-state index < -0.39 is 15.6 Å². The van der Waals surface area contributed by atoms with Crippen molar-refractivity contribution in [2.24, 2.45) is 5.73 Å². The van der Waals surface area contributed by atoms with Crippen molar-refractivity contribution in [1.29, 1.82) is 0 Å². The van der Waals surface area contributed by atoms with Gasteiger partial charge in [-0.15, -0.1) is 0 Å². The number of nitrogens with two attached hydrogens (primary N) is 1. The molecule has 0 saturated heterocycles. The van der Waals surface area contributed by atoms with Crippen LogP contribution in [0.25, 0.3) is 11.5 Å². The average molecular weight is 398 g/mol. The van der Waals surface area contributed by atoms with E-state index in [-0.39, 0.29) is 10.8 Å². The summed E-state index contributed by atoms with van der Waals surface area (Å²) in [6.45, 7) is 1.94. The lowest BCUT2D eigenvalue weighted by Crippen LogP contribution is -2.34. The molecule has 3 N–H and O–H groups in total. The summed E-state index contributed by atoms with van der Waals surface area (Å²) in [4.78, 5) is 4.55. The van der Waals surface area contributed by atoms with Gasteiger partial charge in [-0.25, -0.2) is 8.42 Å². The number of aryl methyl sites for hydroxylation is 1. The molecule has 7 nitrogen and oxygen atoms in total. The zero-order valence-electron chi connectivity index (χ0n) is 15.6. The van der Waals surface area contributed by atoms with Crippen LogP contribution in [0.4, 0.5) is 5.69 Å². The van der Waals surface area contributed by atoms with Crippen LogP contribution in [-0.4, -0.2) is 18.6 Å². The highest BCUT2D eigenvalue weighted by Gasteiger charge is 2.36. The van der Waals surface area contributed by atoms with E-state index in [1.807, 2.05) is 19.1 Å². The summed E-state index contributed by atoms with van der Waals surface area (Å²) in [5.41, 5.74) is 7.91. The molecule has 0 bridgehead atoms. The molecule has 1 heterocycles. The fraction of sp³-hybridized carbons (Fsp3) is 0.300. The fourth-order valence-electron chi connectivity index (χ4n) is 3.40. The average Bonchev–Trinajstić information content (AvgIpc) is 3.34. The number of nitrogens with zero attached hydrogens (tertiary/aromatic N) is 2. The summed E-state index contributed by atoms with van der Waals surface area (Å²) < 4.78 is 33.4. The number of hydrogen-bond donors (Lipinski definition) is 2. The lowest BCUT2D eigenvalue weighted by Gasteiger charge is -2.17. The third kappa shape index (κ3) is 3.65. The summed E-state index contributed by atoms with van der Waals surface area (Å²) in [5.74, 6) is 0.741. The maximum Gasteiger partial charge on any atom is 0.261 e. The standard InChI is InChI=1S/C20H22N4O3S/c1-14-7-9-16(10-8-14)24-28(25,26)17-6-4-5-15(13-17)18-22-19(23-27-18)20(21)11-2-3-12-20/h4-10,13,24H,2-3,11-12,21H2,1H3. The Morgan fingerprint density at radius 2 is 1.82 bits per heavy atom. The zero-order valence-corrected chi connectivity index (χ0v) is 16.4. The third-order valence-corrected chi connectivity index (χ3v) is 6.44. The monoisotopic (exact) mass is 398 g/mol. The van der Waals surface area contributed by atoms with Gasteiger partial charge < -0.3 is 10.3 Å². The van der Waals surface area contributed by atoms with Gasteiger partial charge in [-0.2, -0.15) is 4.98 Å². The fourth-order valence-corrected chi connectivity index (χ4v) is 4.51. The SMILES string of the molecule is Cc1ccc(NS(=O)(=O)c2cccc(-c3nc(C4(N)CCCC4)no3)c2)cc1. The van der Waals surface area contributed by atoms with Crippen molar-refractivity contribution in [3.8, 4) is 11.5 Å². The molecule has 0 atom stereocenters. The largest absolute Gasteiger partial charge is 0.334 e. The van der Waals surface area contributed by atoms with Crippen molar-refractivity contribution in [3.63, 3.8) is 0 Å². The van der Waals surface area contributed by atoms with Crippen molar-refractivity contribution in [2.75, 3.05) is 4.72 Å². The first-order valence-electron chi connectivity index (χ1n) is 9.19. The highest BCUT2D eigenvalue weighted by molar-refractivity contribution is 7.92. The second-order valence-corrected chi connectivity index (χ2v) is 8.97. The third-order valence-electron chi connectivity index (χ3n) is 5.06. The van der Waals surface area contributed by atoms with Crippen LogP contribution in [0.3, 0.4) is 0 Å². The topological polar surface area (TPSA) is 111 Å². The summed E-state index contributed by atoms with van der Waals surface area (Å²) >= 11 is 0. The van der Waals surface area contributed by atoms with Crippen molar-refractivity contribution < 1.29 is 12.9 Å². The van der Waals surface area contributed by atoms with Gasteiger partial charge in [0.05, 0.1) is 10.4 Å². The summed E-state index contributed by atoms with van der Waals surface area (Å²) in [6, 6.07) is 13.6. The maximum atomic E-state index is 12.7. The molecule has 0 spiro atoms. The number of benzene rings is 2. The molecule has 1 aliphatic carbocycles. The number of aromatic nitrogens is 2. The summed E-state index contributed by atoms with van der Waals surface area (Å²) in [6.07, 6.45) is 3.72. The van der Waals surface area contributed by atoms with Crippen LogP contribution in [0.15, 0.2) is 57.9 Å². The molecule has 8 heteroatoms. The van der Waals surface area contributed by atoms with Crippen molar-refractivity contribution >= 4 is 15.7 Å². The van der Waals surface area contributed by atoms with Gasteiger partial charge in [0.2, 0.25) is 0 Å². The number of rotatable bonds is 5. The van der Waals surface area contributed by atoms with Gasteiger partial charge in [-0.05, 0) is 50.1 Å². The van der Waals surface area contributed by atoms with Gasteiger partial charge in [0, 0.05) is 11.3 Å². The van der Waals surface area contributed by atoms with E-state index in [4.69, 9.17) is 10.3 Å². The van der Waals surface area contributed by atoms with Gasteiger partial charge in [-0.1, -0.05) is 41.8 Å². The maximum absolute atomic E-state index is 12.7. The Labute approximate surface area is 164 Å². The second-order valence-electron chi connectivity index (χ2n) is 7.29. The van der Waals surface area contributed by atoms with Crippen LogP contribution < -0.4 is 10.5 Å². The van der Waals surface area contributed by atoms with Crippen molar-refractivity contribution in [3.05, 3.63) is 59.9 Å². The Kier molecular flexibility index (Phi) is 4.68. The number of anilines is 1. The smallest absolute Gasteiger partial charge is 0.261 e. The number of nitrogens with one attached hydrogen (secondary N) is 1. The molecular formula is C20H22N4O3S. The first-order valence-corrected chi connectivity index (χ1v) is 10.7. The van der Waals surface area contributed by atoms with Crippen LogP contribution in [0, 0.1) is 6.92 Å². The zero-order chi connectivity index (χ0) is 19.8. The van der Waals surface area contributed by atoms with Crippen LogP contribution >= 0.6 is 0 Å². The van der Waals surface area contributed by atoms with E-state index in [0.29, 0.717) is 17.1 Å². The molecule has 146 valence electrons. The summed E-state index contributed by atoms with van der Waals surface area (Å²) in [5, 5.41) is 4.04. The number of hydrogen-bond acceptors (Lipinski definition) is 6. The Morgan fingerprint density at radius 1 is 1.11 bits per heavy atom. The number of sulfonamides is 1. The molecular weight excluding hydrogens is 376 g/mol. The predicted octanol–water partition coefficient (Wildman–Crippen LogP) is 3.57. The molecule has 2 aromatic carbocycles. The second kappa shape index (κ2) is 7.03. The first kappa shape index (κ1) is 18.6. The van der Waals surface area contributed by atoms with Crippen molar-refractivity contribution in [1.82, 2.24) is 10.1 Å². The first-order chi connectivity index (χ1) is 13.4. The van der Waals surface area contributed by atoms with Gasteiger partial charge in [0.15, 0.2) is 5.82 Å². The molecule has 1 fully saturated rings. The van der Waals surface area contributed by atoms with Crippen LogP contribution in [0.2, 0.25) is 0 Å². The molecule has 0 radical (unpaired) electrons. The molecule has 1 aromatic heterocycles. The minimum atomic E-state index is -3.74. The van der Waals surface area contributed by atoms with Crippen LogP contribution in [0.5, 0.6) is 0 Å². The molecule has 0 aliphatic heterocycles. The molecule has 0 amide bonds. The Balaban J connectivity index is 1.61. The van der Waals surface area contributed by atoms with Gasteiger partial charge in [0.1, 0.15) is 0 Å². The molecule has 1 saturated carbocycles. The van der Waals surface area contributed by atoms with Gasteiger partial charge >= 0.3 is 0 Å². The highest BCUT2D eigenvalue weighted by atomic mass is 32.2. The highest BCUT2D eigenvalue weighted by Crippen LogP contribution is 2.35. The lowest BCUT2D eigenvalue weighted by atomic mass is 9.99. The van der Waals surface area contributed by atoms with E-state index in [2.05, 4.69) is 14.9 Å². The molecule has 4 rings (SSSR count). The Hall–Kier alpha value is -2.71. The van der Waals surface area contributed by atoms with E-state index in [1.165, 1.54) is 12.1 Å². The van der Waals surface area contributed by atoms with E-state index in [1.54, 1.807) is 24.3 Å². The molecule has 28 heavy (non-hydrogen) atoms. The normalized spacial score (nSPS) is 16.2. The van der Waals surface area contributed by atoms with E-state index >= 15 is 0 Å². The molecule has 0 unspecified atom stereocenters.